The molecule has 0 aliphatic heterocycles. The Morgan fingerprint density at radius 1 is 0.636 bits per heavy atom. The predicted octanol–water partition coefficient (Wildman–Crippen LogP) is 4.76. The van der Waals surface area contributed by atoms with Crippen LogP contribution in [0.5, 0.6) is 0 Å². The average Bonchev–Trinajstić information content (AvgIpc) is 2.50. The lowest BCUT2D eigenvalue weighted by Gasteiger charge is -2.14. The van der Waals surface area contributed by atoms with Crippen molar-refractivity contribution in [1.29, 1.82) is 0 Å². The first-order chi connectivity index (χ1) is 10.7. The van der Waals surface area contributed by atoms with E-state index in [1.54, 1.807) is 6.92 Å². The minimum Gasteiger partial charge on any atom is -0.389 e. The zero-order chi connectivity index (χ0) is 16.5. The number of hydrogen-bond donors (Lipinski definition) is 3. The Bertz CT molecular complexity index is 210. The summed E-state index contributed by atoms with van der Waals surface area (Å²) in [7, 11) is 0. The van der Waals surface area contributed by atoms with Gasteiger partial charge in [0.15, 0.2) is 0 Å². The summed E-state index contributed by atoms with van der Waals surface area (Å²) in [5.41, 5.74) is 0. The molecule has 2 unspecified atom stereocenters. The second kappa shape index (κ2) is 17.2. The molecule has 3 N–H and O–H groups in total. The van der Waals surface area contributed by atoms with Gasteiger partial charge in [0, 0.05) is 0 Å². The second-order valence-electron chi connectivity index (χ2n) is 6.74. The fourth-order valence-electron chi connectivity index (χ4n) is 2.74. The van der Waals surface area contributed by atoms with Gasteiger partial charge >= 0.3 is 0 Å². The molecule has 2 atom stereocenters. The number of aliphatic hydroxyl groups is 2. The first-order valence-corrected chi connectivity index (χ1v) is 9.78. The molecular weight excluding hydrogens is 274 g/mol. The average molecular weight is 316 g/mol. The summed E-state index contributed by atoms with van der Waals surface area (Å²) < 4.78 is 0. The van der Waals surface area contributed by atoms with Gasteiger partial charge in [0.25, 0.3) is 0 Å². The fourth-order valence-corrected chi connectivity index (χ4v) is 2.74. The Morgan fingerprint density at radius 3 is 1.36 bits per heavy atom. The molecule has 0 aliphatic carbocycles. The van der Waals surface area contributed by atoms with Gasteiger partial charge < -0.3 is 10.2 Å². The van der Waals surface area contributed by atoms with E-state index in [2.05, 4.69) is 12.2 Å². The minimum absolute atomic E-state index is 0.688. The van der Waals surface area contributed by atoms with Crippen molar-refractivity contribution in [1.82, 2.24) is 5.32 Å². The zero-order valence-electron chi connectivity index (χ0n) is 15.2. The van der Waals surface area contributed by atoms with Gasteiger partial charge in [-0.3, -0.25) is 5.32 Å². The third-order valence-corrected chi connectivity index (χ3v) is 4.34. The molecule has 0 aromatic heterocycles. The molecule has 0 amide bonds. The van der Waals surface area contributed by atoms with Crippen molar-refractivity contribution in [3.8, 4) is 0 Å². The Kier molecular flexibility index (Phi) is 17.1. The van der Waals surface area contributed by atoms with Crippen LogP contribution in [0.15, 0.2) is 0 Å². The maximum Gasteiger partial charge on any atom is 0.130 e. The van der Waals surface area contributed by atoms with Crippen molar-refractivity contribution < 1.29 is 10.2 Å². The van der Waals surface area contributed by atoms with Crippen LogP contribution in [-0.4, -0.2) is 29.1 Å². The van der Waals surface area contributed by atoms with E-state index in [4.69, 9.17) is 5.11 Å². The molecular formula is C19H41NO2. The van der Waals surface area contributed by atoms with Crippen molar-refractivity contribution in [3.63, 3.8) is 0 Å². The number of aliphatic hydroxyl groups excluding tert-OH is 2. The maximum absolute atomic E-state index is 9.37. The lowest BCUT2D eigenvalue weighted by Crippen LogP contribution is -2.38. The van der Waals surface area contributed by atoms with Crippen LogP contribution in [0, 0.1) is 0 Å². The standard InChI is InChI=1S/C19H41NO2/c1-3-4-5-6-7-8-9-10-11-12-13-14-15-16-17-20-19(22)18(2)21/h18-22H,3-17H2,1-2H3. The monoisotopic (exact) mass is 315 g/mol. The van der Waals surface area contributed by atoms with Crippen molar-refractivity contribution in [2.75, 3.05) is 6.54 Å². The van der Waals surface area contributed by atoms with Gasteiger partial charge in [-0.15, -0.1) is 0 Å². The first kappa shape index (κ1) is 21.9. The highest BCUT2D eigenvalue weighted by molar-refractivity contribution is 4.59. The largest absolute Gasteiger partial charge is 0.389 e. The van der Waals surface area contributed by atoms with E-state index in [1.807, 2.05) is 0 Å². The summed E-state index contributed by atoms with van der Waals surface area (Å²) in [5, 5.41) is 21.4. The lowest BCUT2D eigenvalue weighted by atomic mass is 10.0. The third kappa shape index (κ3) is 16.3. The summed E-state index contributed by atoms with van der Waals surface area (Å²) in [6.45, 7) is 4.67. The van der Waals surface area contributed by atoms with E-state index in [1.165, 1.54) is 83.5 Å². The number of nitrogens with one attached hydrogen (secondary N) is 1. The summed E-state index contributed by atoms with van der Waals surface area (Å²) in [6, 6.07) is 0. The number of unbranched alkanes of at least 4 members (excludes halogenated alkanes) is 13. The van der Waals surface area contributed by atoms with E-state index in [0.29, 0.717) is 0 Å². The smallest absolute Gasteiger partial charge is 0.130 e. The minimum atomic E-state index is -0.776. The lowest BCUT2D eigenvalue weighted by molar-refractivity contribution is 0.00933. The highest BCUT2D eigenvalue weighted by Gasteiger charge is 2.08. The van der Waals surface area contributed by atoms with Gasteiger partial charge in [0.2, 0.25) is 0 Å². The summed E-state index contributed by atoms with van der Waals surface area (Å²) in [5.74, 6) is 0. The van der Waals surface area contributed by atoms with Crippen LogP contribution >= 0.6 is 0 Å². The van der Waals surface area contributed by atoms with Crippen molar-refractivity contribution in [2.24, 2.45) is 0 Å². The van der Waals surface area contributed by atoms with Crippen LogP contribution in [0.3, 0.4) is 0 Å². The quantitative estimate of drug-likeness (QED) is 0.268. The molecule has 0 saturated heterocycles. The van der Waals surface area contributed by atoms with Gasteiger partial charge in [-0.2, -0.15) is 0 Å². The van der Waals surface area contributed by atoms with E-state index in [-0.39, 0.29) is 0 Å². The third-order valence-electron chi connectivity index (χ3n) is 4.34. The number of rotatable bonds is 17. The van der Waals surface area contributed by atoms with Gasteiger partial charge in [-0.05, 0) is 19.9 Å². The Labute approximate surface area is 138 Å². The Hall–Kier alpha value is -0.120. The molecule has 0 fully saturated rings. The molecule has 134 valence electrons. The summed E-state index contributed by atoms with van der Waals surface area (Å²) in [6.07, 6.45) is 17.6. The van der Waals surface area contributed by atoms with Crippen LogP contribution in [0.2, 0.25) is 0 Å². The van der Waals surface area contributed by atoms with Crippen LogP contribution in [0.25, 0.3) is 0 Å². The van der Waals surface area contributed by atoms with E-state index >= 15 is 0 Å². The van der Waals surface area contributed by atoms with Crippen molar-refractivity contribution >= 4 is 0 Å². The molecule has 0 bridgehead atoms. The molecule has 0 rings (SSSR count). The predicted molar refractivity (Wildman–Crippen MR) is 96.0 cm³/mol. The normalized spacial score (nSPS) is 14.2. The molecule has 0 aliphatic rings. The Morgan fingerprint density at radius 2 is 1.00 bits per heavy atom. The van der Waals surface area contributed by atoms with Crippen molar-refractivity contribution in [2.45, 2.75) is 116 Å². The van der Waals surface area contributed by atoms with E-state index < -0.39 is 12.3 Å². The topological polar surface area (TPSA) is 52.5 Å². The molecule has 0 aromatic rings. The molecule has 0 spiro atoms. The molecule has 3 heteroatoms. The van der Waals surface area contributed by atoms with E-state index in [9.17, 15) is 5.11 Å². The van der Waals surface area contributed by atoms with Gasteiger partial charge in [-0.25, -0.2) is 0 Å². The number of hydrogen-bond acceptors (Lipinski definition) is 3. The van der Waals surface area contributed by atoms with Gasteiger partial charge in [0.1, 0.15) is 6.23 Å². The van der Waals surface area contributed by atoms with Crippen LogP contribution in [-0.2, 0) is 0 Å². The Balaban J connectivity index is 3.03. The summed E-state index contributed by atoms with van der Waals surface area (Å²) in [4.78, 5) is 0. The highest BCUT2D eigenvalue weighted by Crippen LogP contribution is 2.12. The SMILES string of the molecule is CCCCCCCCCCCCCCCCNC(O)C(C)O. The summed E-state index contributed by atoms with van der Waals surface area (Å²) >= 11 is 0. The molecule has 22 heavy (non-hydrogen) atoms. The first-order valence-electron chi connectivity index (χ1n) is 9.78. The van der Waals surface area contributed by atoms with Crippen molar-refractivity contribution in [3.05, 3.63) is 0 Å². The van der Waals surface area contributed by atoms with E-state index in [0.717, 1.165) is 13.0 Å². The maximum atomic E-state index is 9.37. The molecule has 3 nitrogen and oxygen atoms in total. The van der Waals surface area contributed by atoms with Gasteiger partial charge in [-0.1, -0.05) is 90.4 Å². The highest BCUT2D eigenvalue weighted by atomic mass is 16.3. The molecule has 0 radical (unpaired) electrons. The zero-order valence-corrected chi connectivity index (χ0v) is 15.2. The second-order valence-corrected chi connectivity index (χ2v) is 6.74. The molecule has 0 heterocycles. The van der Waals surface area contributed by atoms with Crippen LogP contribution < -0.4 is 5.32 Å². The molecule has 0 saturated carbocycles. The van der Waals surface area contributed by atoms with Gasteiger partial charge in [0.05, 0.1) is 6.10 Å². The fraction of sp³-hybridized carbons (Fsp3) is 1.00. The van der Waals surface area contributed by atoms with Crippen LogP contribution in [0.1, 0.15) is 104 Å². The van der Waals surface area contributed by atoms with Crippen LogP contribution in [0.4, 0.5) is 0 Å². The molecule has 0 aromatic carbocycles.